The maximum absolute atomic E-state index is 11.2. The van der Waals surface area contributed by atoms with E-state index in [1.165, 1.54) is 0 Å². The molecule has 4 heteroatoms. The van der Waals surface area contributed by atoms with Crippen LogP contribution in [0.4, 0.5) is 0 Å². The molecule has 1 saturated carbocycles. The van der Waals surface area contributed by atoms with Crippen molar-refractivity contribution in [3.05, 3.63) is 0 Å². The van der Waals surface area contributed by atoms with E-state index in [1.54, 1.807) is 0 Å². The Kier molecular flexibility index (Phi) is 2.51. The van der Waals surface area contributed by atoms with E-state index in [1.807, 2.05) is 11.8 Å². The zero-order valence-electron chi connectivity index (χ0n) is 7.58. The lowest BCUT2D eigenvalue weighted by molar-refractivity contribution is -0.145. The summed E-state index contributed by atoms with van der Waals surface area (Å²) < 4.78 is 0. The third kappa shape index (κ3) is 1.99. The molecular weight excluding hydrogens is 186 g/mol. The van der Waals surface area contributed by atoms with Crippen LogP contribution in [-0.4, -0.2) is 34.2 Å². The topological polar surface area (TPSA) is 49.3 Å². The summed E-state index contributed by atoms with van der Waals surface area (Å²) in [4.78, 5) is 11.2. The van der Waals surface area contributed by atoms with Crippen LogP contribution in [0.2, 0.25) is 0 Å². The highest BCUT2D eigenvalue weighted by molar-refractivity contribution is 7.99. The van der Waals surface area contributed by atoms with Crippen LogP contribution in [0.1, 0.15) is 25.7 Å². The predicted molar refractivity (Wildman–Crippen MR) is 53.1 cm³/mol. The monoisotopic (exact) mass is 201 g/mol. The van der Waals surface area contributed by atoms with Gasteiger partial charge in [-0.3, -0.25) is 10.1 Å². The zero-order chi connectivity index (χ0) is 9.31. The first-order valence-corrected chi connectivity index (χ1v) is 5.97. The third-order valence-corrected chi connectivity index (χ3v) is 3.80. The molecule has 3 nitrogen and oxygen atoms in total. The highest BCUT2D eigenvalue weighted by Gasteiger charge is 2.43. The van der Waals surface area contributed by atoms with Crippen LogP contribution in [-0.2, 0) is 4.79 Å². The molecule has 0 aromatic heterocycles. The highest BCUT2D eigenvalue weighted by Crippen LogP contribution is 2.31. The molecule has 2 N–H and O–H groups in total. The first kappa shape index (κ1) is 9.34. The average molecular weight is 201 g/mol. The first-order chi connectivity index (χ1) is 6.23. The molecule has 0 aromatic rings. The van der Waals surface area contributed by atoms with Crippen molar-refractivity contribution in [2.45, 2.75) is 37.3 Å². The van der Waals surface area contributed by atoms with E-state index in [-0.39, 0.29) is 0 Å². The smallest absolute Gasteiger partial charge is 0.323 e. The number of hydrogen-bond acceptors (Lipinski definition) is 3. The van der Waals surface area contributed by atoms with E-state index in [0.29, 0.717) is 6.04 Å². The van der Waals surface area contributed by atoms with Crippen molar-refractivity contribution in [1.82, 2.24) is 5.32 Å². The lowest BCUT2D eigenvalue weighted by Gasteiger charge is -2.34. The van der Waals surface area contributed by atoms with Crippen LogP contribution in [0.15, 0.2) is 0 Å². The Bertz CT molecular complexity index is 210. The number of hydrogen-bond donors (Lipinski definition) is 2. The fourth-order valence-corrected chi connectivity index (χ4v) is 2.95. The predicted octanol–water partition coefficient (Wildman–Crippen LogP) is 1.09. The van der Waals surface area contributed by atoms with E-state index in [9.17, 15) is 9.90 Å². The van der Waals surface area contributed by atoms with Gasteiger partial charge in [0.25, 0.3) is 0 Å². The number of thioether (sulfide) groups is 1. The Labute approximate surface area is 82.3 Å². The Morgan fingerprint density at radius 1 is 1.38 bits per heavy atom. The summed E-state index contributed by atoms with van der Waals surface area (Å²) in [7, 11) is 0. The van der Waals surface area contributed by atoms with Crippen molar-refractivity contribution in [1.29, 1.82) is 0 Å². The van der Waals surface area contributed by atoms with Crippen molar-refractivity contribution in [2.75, 3.05) is 11.5 Å². The van der Waals surface area contributed by atoms with Crippen LogP contribution >= 0.6 is 11.8 Å². The Morgan fingerprint density at radius 3 is 2.46 bits per heavy atom. The molecule has 2 rings (SSSR count). The van der Waals surface area contributed by atoms with Crippen molar-refractivity contribution in [3.63, 3.8) is 0 Å². The molecule has 1 heterocycles. The molecule has 0 amide bonds. The van der Waals surface area contributed by atoms with E-state index in [4.69, 9.17) is 0 Å². The largest absolute Gasteiger partial charge is 0.480 e. The molecule has 0 bridgehead atoms. The standard InChI is InChI=1S/C9H15NO2S/c11-8(12)9(10-7-1-2-7)3-5-13-6-4-9/h7,10H,1-6H2,(H,11,12). The number of carboxylic acid groups (broad SMARTS) is 1. The van der Waals surface area contributed by atoms with Gasteiger partial charge in [0.1, 0.15) is 5.54 Å². The SMILES string of the molecule is O=C(O)C1(NC2CC2)CCSCC1. The molecule has 0 unspecified atom stereocenters. The molecule has 0 spiro atoms. The van der Waals surface area contributed by atoms with Crippen LogP contribution in [0.5, 0.6) is 0 Å². The quantitative estimate of drug-likeness (QED) is 0.717. The molecule has 0 atom stereocenters. The van der Waals surface area contributed by atoms with Crippen molar-refractivity contribution < 1.29 is 9.90 Å². The molecular formula is C9H15NO2S. The van der Waals surface area contributed by atoms with Gasteiger partial charge < -0.3 is 5.11 Å². The Hall–Kier alpha value is -0.220. The van der Waals surface area contributed by atoms with Gasteiger partial charge in [0, 0.05) is 6.04 Å². The fourth-order valence-electron chi connectivity index (χ4n) is 1.76. The van der Waals surface area contributed by atoms with Gasteiger partial charge in [0.2, 0.25) is 0 Å². The fraction of sp³-hybridized carbons (Fsp3) is 0.889. The number of carboxylic acids is 1. The Balaban J connectivity index is 2.02. The number of rotatable bonds is 3. The summed E-state index contributed by atoms with van der Waals surface area (Å²) in [6, 6.07) is 0.485. The molecule has 74 valence electrons. The summed E-state index contributed by atoms with van der Waals surface area (Å²) in [6.07, 6.45) is 3.87. The molecule has 1 aliphatic carbocycles. The highest BCUT2D eigenvalue weighted by atomic mass is 32.2. The average Bonchev–Trinajstić information content (AvgIpc) is 2.90. The summed E-state index contributed by atoms with van der Waals surface area (Å²) >= 11 is 1.86. The van der Waals surface area contributed by atoms with Gasteiger partial charge in [-0.2, -0.15) is 11.8 Å². The van der Waals surface area contributed by atoms with Gasteiger partial charge in [0.05, 0.1) is 0 Å². The van der Waals surface area contributed by atoms with Crippen molar-refractivity contribution in [3.8, 4) is 0 Å². The molecule has 2 fully saturated rings. The van der Waals surface area contributed by atoms with Crippen molar-refractivity contribution in [2.24, 2.45) is 0 Å². The number of nitrogens with one attached hydrogen (secondary N) is 1. The minimum absolute atomic E-state index is 0.485. The van der Waals surface area contributed by atoms with Crippen LogP contribution in [0.3, 0.4) is 0 Å². The second kappa shape index (κ2) is 3.50. The molecule has 0 aromatic carbocycles. The zero-order valence-corrected chi connectivity index (χ0v) is 8.40. The van der Waals surface area contributed by atoms with E-state index in [2.05, 4.69) is 5.32 Å². The lowest BCUT2D eigenvalue weighted by Crippen LogP contribution is -2.55. The minimum Gasteiger partial charge on any atom is -0.480 e. The van der Waals surface area contributed by atoms with Crippen LogP contribution in [0, 0.1) is 0 Å². The van der Waals surface area contributed by atoms with Crippen molar-refractivity contribution >= 4 is 17.7 Å². The van der Waals surface area contributed by atoms with Gasteiger partial charge in [-0.1, -0.05) is 0 Å². The van der Waals surface area contributed by atoms with E-state index in [0.717, 1.165) is 37.2 Å². The van der Waals surface area contributed by atoms with Gasteiger partial charge in [-0.25, -0.2) is 0 Å². The van der Waals surface area contributed by atoms with Gasteiger partial charge in [0.15, 0.2) is 0 Å². The van der Waals surface area contributed by atoms with Gasteiger partial charge >= 0.3 is 5.97 Å². The summed E-state index contributed by atoms with van der Waals surface area (Å²) in [6.45, 7) is 0. The normalized spacial score (nSPS) is 27.1. The maximum Gasteiger partial charge on any atom is 0.323 e. The second-order valence-corrected chi connectivity index (χ2v) is 5.14. The summed E-state index contributed by atoms with van der Waals surface area (Å²) in [5.74, 6) is 1.30. The summed E-state index contributed by atoms with van der Waals surface area (Å²) in [5.41, 5.74) is -0.591. The van der Waals surface area contributed by atoms with Crippen LogP contribution in [0.25, 0.3) is 0 Å². The molecule has 1 aliphatic heterocycles. The van der Waals surface area contributed by atoms with Gasteiger partial charge in [-0.15, -0.1) is 0 Å². The Morgan fingerprint density at radius 2 is 2.00 bits per heavy atom. The maximum atomic E-state index is 11.2. The number of carbonyl (C=O) groups is 1. The lowest BCUT2D eigenvalue weighted by atomic mass is 9.92. The molecule has 2 aliphatic rings. The second-order valence-electron chi connectivity index (χ2n) is 3.92. The third-order valence-electron chi connectivity index (χ3n) is 2.81. The summed E-state index contributed by atoms with van der Waals surface area (Å²) in [5, 5.41) is 12.5. The number of aliphatic carboxylic acids is 1. The van der Waals surface area contributed by atoms with Gasteiger partial charge in [-0.05, 0) is 37.2 Å². The molecule has 13 heavy (non-hydrogen) atoms. The molecule has 1 saturated heterocycles. The van der Waals surface area contributed by atoms with E-state index < -0.39 is 11.5 Å². The van der Waals surface area contributed by atoms with Crippen LogP contribution < -0.4 is 5.32 Å². The first-order valence-electron chi connectivity index (χ1n) is 4.82. The molecule has 0 radical (unpaired) electrons. The minimum atomic E-state index is -0.653. The van der Waals surface area contributed by atoms with E-state index >= 15 is 0 Å².